The molecule has 0 radical (unpaired) electrons. The van der Waals surface area contributed by atoms with Crippen molar-refractivity contribution in [3.8, 4) is 20.9 Å². The topological polar surface area (TPSA) is 69.7 Å². The number of ether oxygens (including phenoxy) is 2. The molecule has 3 rings (SSSR count). The molecule has 0 N–H and O–H groups in total. The smallest absolute Gasteiger partial charge is 0.343 e. The van der Waals surface area contributed by atoms with Crippen LogP contribution < -0.4 is 5.43 Å². The molecule has 0 atom stereocenters. The van der Waals surface area contributed by atoms with E-state index < -0.39 is 17.4 Å². The lowest BCUT2D eigenvalue weighted by Crippen LogP contribution is -2.25. The molecule has 136 valence electrons. The molecule has 1 aromatic heterocycles. The van der Waals surface area contributed by atoms with Gasteiger partial charge >= 0.3 is 11.9 Å². The normalized spacial score (nSPS) is 10.3. The van der Waals surface area contributed by atoms with Crippen LogP contribution in [0.3, 0.4) is 0 Å². The molecular formula is C21H16O5S. The zero-order chi connectivity index (χ0) is 19.4. The van der Waals surface area contributed by atoms with Crippen LogP contribution in [0.2, 0.25) is 0 Å². The predicted molar refractivity (Wildman–Crippen MR) is 104 cm³/mol. The first-order valence-corrected chi connectivity index (χ1v) is 8.88. The molecule has 0 bridgehead atoms. The van der Waals surface area contributed by atoms with Crippen molar-refractivity contribution in [1.29, 1.82) is 0 Å². The Hall–Kier alpha value is -3.25. The van der Waals surface area contributed by atoms with Gasteiger partial charge in [-0.25, -0.2) is 9.59 Å². The van der Waals surface area contributed by atoms with E-state index in [1.165, 1.54) is 25.6 Å². The van der Waals surface area contributed by atoms with Gasteiger partial charge in [0.2, 0.25) is 5.43 Å². The molecule has 0 fully saturated rings. The van der Waals surface area contributed by atoms with Crippen LogP contribution in [0, 0.1) is 0 Å². The first kappa shape index (κ1) is 18.5. The van der Waals surface area contributed by atoms with Crippen molar-refractivity contribution in [2.24, 2.45) is 0 Å². The second-order valence-electron chi connectivity index (χ2n) is 5.55. The molecule has 0 saturated heterocycles. The minimum absolute atomic E-state index is 0.172. The van der Waals surface area contributed by atoms with Gasteiger partial charge in [0, 0.05) is 0 Å². The molecule has 0 aliphatic rings. The number of carbonyl (C=O) groups is 2. The second kappa shape index (κ2) is 7.97. The van der Waals surface area contributed by atoms with Gasteiger partial charge in [0.05, 0.1) is 24.0 Å². The standard InChI is InChI=1S/C21H16O5S/c1-25-20(23)15-17(22)16(21(24)26-2)19(14-11-7-4-8-12-14)27-18(15)13-9-5-3-6-10-13/h3-12H,1-2H3. The van der Waals surface area contributed by atoms with Crippen molar-refractivity contribution < 1.29 is 19.1 Å². The van der Waals surface area contributed by atoms with Gasteiger partial charge in [-0.15, -0.1) is 11.3 Å². The van der Waals surface area contributed by atoms with Crippen LogP contribution in [0.25, 0.3) is 20.9 Å². The van der Waals surface area contributed by atoms with Crippen molar-refractivity contribution in [1.82, 2.24) is 0 Å². The van der Waals surface area contributed by atoms with E-state index in [1.54, 1.807) is 24.3 Å². The van der Waals surface area contributed by atoms with Gasteiger partial charge in [-0.3, -0.25) is 4.79 Å². The molecule has 1 heterocycles. The quantitative estimate of drug-likeness (QED) is 0.640. The minimum atomic E-state index is -0.792. The van der Waals surface area contributed by atoms with Crippen LogP contribution in [-0.2, 0) is 9.47 Å². The highest BCUT2D eigenvalue weighted by Gasteiger charge is 2.28. The Balaban J connectivity index is 2.44. The highest BCUT2D eigenvalue weighted by atomic mass is 32.1. The number of carbonyl (C=O) groups excluding carboxylic acids is 2. The van der Waals surface area contributed by atoms with Crippen LogP contribution >= 0.6 is 11.3 Å². The van der Waals surface area contributed by atoms with Crippen molar-refractivity contribution in [2.75, 3.05) is 14.2 Å². The lowest BCUT2D eigenvalue weighted by atomic mass is 10.0. The summed E-state index contributed by atoms with van der Waals surface area (Å²) in [4.78, 5) is 38.8. The van der Waals surface area contributed by atoms with Gasteiger partial charge in [0.25, 0.3) is 0 Å². The number of methoxy groups -OCH3 is 2. The van der Waals surface area contributed by atoms with Crippen molar-refractivity contribution in [2.45, 2.75) is 0 Å². The molecule has 0 spiro atoms. The fourth-order valence-corrected chi connectivity index (χ4v) is 3.96. The zero-order valence-corrected chi connectivity index (χ0v) is 15.5. The first-order valence-electron chi connectivity index (χ1n) is 8.07. The van der Waals surface area contributed by atoms with E-state index in [4.69, 9.17) is 9.47 Å². The molecule has 2 aromatic carbocycles. The average Bonchev–Trinajstić information content (AvgIpc) is 2.73. The number of esters is 2. The maximum absolute atomic E-state index is 13.2. The van der Waals surface area contributed by atoms with Gasteiger partial charge in [0.1, 0.15) is 11.1 Å². The maximum atomic E-state index is 13.2. The molecule has 0 amide bonds. The van der Waals surface area contributed by atoms with Crippen molar-refractivity contribution in [3.05, 3.63) is 82.0 Å². The molecule has 5 nitrogen and oxygen atoms in total. The Morgan fingerprint density at radius 2 is 1.07 bits per heavy atom. The molecule has 3 aromatic rings. The van der Waals surface area contributed by atoms with Crippen LogP contribution in [0.5, 0.6) is 0 Å². The summed E-state index contributed by atoms with van der Waals surface area (Å²) in [6.07, 6.45) is 0. The Morgan fingerprint density at radius 1 is 0.704 bits per heavy atom. The van der Waals surface area contributed by atoms with Gasteiger partial charge < -0.3 is 9.47 Å². The predicted octanol–water partition coefficient (Wildman–Crippen LogP) is 4.02. The molecule has 0 aliphatic heterocycles. The maximum Gasteiger partial charge on any atom is 0.343 e. The summed E-state index contributed by atoms with van der Waals surface area (Å²) in [5.74, 6) is -1.58. The summed E-state index contributed by atoms with van der Waals surface area (Å²) >= 11 is 1.18. The molecule has 6 heteroatoms. The lowest BCUT2D eigenvalue weighted by molar-refractivity contribution is 0.0598. The third-order valence-corrected chi connectivity index (χ3v) is 5.25. The SMILES string of the molecule is COC(=O)c1c(-c2ccccc2)sc(-c2ccccc2)c(C(=O)OC)c1=O. The van der Waals surface area contributed by atoms with Gasteiger partial charge in [-0.1, -0.05) is 60.7 Å². The van der Waals surface area contributed by atoms with Crippen LogP contribution in [-0.4, -0.2) is 26.2 Å². The highest BCUT2D eigenvalue weighted by Crippen LogP contribution is 2.36. The fraction of sp³-hybridized carbons (Fsp3) is 0.0952. The van der Waals surface area contributed by atoms with Crippen LogP contribution in [0.15, 0.2) is 65.5 Å². The van der Waals surface area contributed by atoms with E-state index in [0.29, 0.717) is 20.9 Å². The number of hydrogen-bond donors (Lipinski definition) is 0. The third-order valence-electron chi connectivity index (χ3n) is 3.96. The molecular weight excluding hydrogens is 364 g/mol. The Bertz CT molecular complexity index is 959. The largest absolute Gasteiger partial charge is 0.465 e. The van der Waals surface area contributed by atoms with Crippen molar-refractivity contribution >= 4 is 23.3 Å². The van der Waals surface area contributed by atoms with E-state index in [-0.39, 0.29) is 11.1 Å². The second-order valence-corrected chi connectivity index (χ2v) is 6.58. The highest BCUT2D eigenvalue weighted by molar-refractivity contribution is 7.19. The Labute approximate surface area is 159 Å². The third kappa shape index (κ3) is 3.52. The monoisotopic (exact) mass is 380 g/mol. The van der Waals surface area contributed by atoms with Crippen LogP contribution in [0.4, 0.5) is 0 Å². The number of benzene rings is 2. The summed E-state index contributed by atoms with van der Waals surface area (Å²) in [7, 11) is 2.40. The zero-order valence-electron chi connectivity index (χ0n) is 14.7. The summed E-state index contributed by atoms with van der Waals surface area (Å²) in [6, 6.07) is 18.1. The summed E-state index contributed by atoms with van der Waals surface area (Å²) in [5.41, 5.74) is 0.329. The molecule has 0 aliphatic carbocycles. The number of hydrogen-bond acceptors (Lipinski definition) is 6. The first-order chi connectivity index (χ1) is 13.1. The fourth-order valence-electron chi connectivity index (χ4n) is 2.70. The van der Waals surface area contributed by atoms with E-state index in [9.17, 15) is 14.4 Å². The number of rotatable bonds is 4. The van der Waals surface area contributed by atoms with Gasteiger partial charge in [-0.2, -0.15) is 0 Å². The van der Waals surface area contributed by atoms with E-state index >= 15 is 0 Å². The van der Waals surface area contributed by atoms with E-state index in [0.717, 1.165) is 0 Å². The molecule has 0 saturated carbocycles. The van der Waals surface area contributed by atoms with E-state index in [2.05, 4.69) is 0 Å². The van der Waals surface area contributed by atoms with Gasteiger partial charge in [-0.05, 0) is 11.1 Å². The summed E-state index contributed by atoms with van der Waals surface area (Å²) in [5, 5.41) is 0. The molecule has 27 heavy (non-hydrogen) atoms. The van der Waals surface area contributed by atoms with Crippen molar-refractivity contribution in [3.63, 3.8) is 0 Å². The lowest BCUT2D eigenvalue weighted by Gasteiger charge is -2.13. The average molecular weight is 380 g/mol. The van der Waals surface area contributed by atoms with Gasteiger partial charge in [0.15, 0.2) is 0 Å². The van der Waals surface area contributed by atoms with Crippen LogP contribution in [0.1, 0.15) is 20.7 Å². The Kier molecular flexibility index (Phi) is 5.47. The molecule has 0 unspecified atom stereocenters. The minimum Gasteiger partial charge on any atom is -0.465 e. The van der Waals surface area contributed by atoms with E-state index in [1.807, 2.05) is 36.4 Å². The summed E-state index contributed by atoms with van der Waals surface area (Å²) in [6.45, 7) is 0. The summed E-state index contributed by atoms with van der Waals surface area (Å²) < 4.78 is 9.62. The Morgan fingerprint density at radius 3 is 1.41 bits per heavy atom.